The summed E-state index contributed by atoms with van der Waals surface area (Å²) in [6.45, 7) is -0.878. The normalized spacial score (nSPS) is 12.1. The lowest BCUT2D eigenvalue weighted by atomic mass is 10.1. The number of carbonyl (C=O) groups is 2. The van der Waals surface area contributed by atoms with Crippen LogP contribution in [0.3, 0.4) is 0 Å². The minimum absolute atomic E-state index is 0.0823. The Morgan fingerprint density at radius 3 is 2.15 bits per heavy atom. The lowest BCUT2D eigenvalue weighted by Gasteiger charge is -2.15. The maximum absolute atomic E-state index is 12.5. The van der Waals surface area contributed by atoms with Gasteiger partial charge in [-0.25, -0.2) is 22.2 Å². The summed E-state index contributed by atoms with van der Waals surface area (Å²) in [6, 6.07) is 7.16. The molecule has 178 valence electrons. The summed E-state index contributed by atoms with van der Waals surface area (Å²) in [6.07, 6.45) is 0. The van der Waals surface area contributed by atoms with E-state index in [9.17, 15) is 36.6 Å². The van der Waals surface area contributed by atoms with E-state index in [-0.39, 0.29) is 16.9 Å². The second-order valence-corrected chi connectivity index (χ2v) is 9.83. The van der Waals surface area contributed by atoms with Gasteiger partial charge in [0.25, 0.3) is 0 Å². The van der Waals surface area contributed by atoms with Crippen molar-refractivity contribution < 1.29 is 45.4 Å². The smallest absolute Gasteiger partial charge is 0.397 e. The number of sulfone groups is 1. The van der Waals surface area contributed by atoms with Crippen molar-refractivity contribution in [2.45, 2.75) is 4.90 Å². The number of anilines is 1. The van der Waals surface area contributed by atoms with E-state index in [2.05, 4.69) is 14.4 Å². The number of carboxylic acid groups (broad SMARTS) is 2. The van der Waals surface area contributed by atoms with Crippen LogP contribution in [-0.2, 0) is 24.4 Å². The summed E-state index contributed by atoms with van der Waals surface area (Å²) in [4.78, 5) is 24.3. The van der Waals surface area contributed by atoms with E-state index in [4.69, 9.17) is 4.55 Å². The number of azo groups is 1. The van der Waals surface area contributed by atoms with Crippen LogP contribution in [0.15, 0.2) is 51.5 Å². The lowest BCUT2D eigenvalue weighted by molar-refractivity contribution is 0.0686. The second-order valence-electron chi connectivity index (χ2n) is 6.63. The van der Waals surface area contributed by atoms with Crippen LogP contribution in [-0.4, -0.2) is 70.0 Å². The number of hydrogen-bond donors (Lipinski definition) is 3. The highest BCUT2D eigenvalue weighted by Gasteiger charge is 2.21. The highest BCUT2D eigenvalue weighted by molar-refractivity contribution is 7.91. The van der Waals surface area contributed by atoms with Crippen LogP contribution in [0.2, 0.25) is 0 Å². The standard InChI is InChI=1S/C18H19N3O10S2/c1-21(2)15-5-3-4-13(18(24)25)16(15)20-19-14-10-11(6-7-12(14)17(22)23)32(26,27)9-8-31-33(28,29)30/h3-7,10H,8-9H2,1-2H3,(H,22,23)(H,24,25)(H,28,29,30). The molecule has 0 aliphatic rings. The number of nitrogens with zero attached hydrogens (tertiary/aromatic N) is 3. The number of rotatable bonds is 10. The molecule has 0 saturated heterocycles. The molecule has 0 atom stereocenters. The molecule has 2 rings (SSSR count). The largest absolute Gasteiger partial charge is 0.478 e. The van der Waals surface area contributed by atoms with Gasteiger partial charge in [-0.2, -0.15) is 8.42 Å². The van der Waals surface area contributed by atoms with E-state index in [1.807, 2.05) is 0 Å². The Labute approximate surface area is 188 Å². The van der Waals surface area contributed by atoms with E-state index >= 15 is 0 Å². The Morgan fingerprint density at radius 2 is 1.61 bits per heavy atom. The van der Waals surface area contributed by atoms with E-state index in [1.165, 1.54) is 12.1 Å². The van der Waals surface area contributed by atoms with Crippen molar-refractivity contribution >= 4 is 49.2 Å². The van der Waals surface area contributed by atoms with Crippen LogP contribution in [0.25, 0.3) is 0 Å². The van der Waals surface area contributed by atoms with E-state index < -0.39 is 55.0 Å². The number of aromatic carboxylic acids is 2. The van der Waals surface area contributed by atoms with Crippen LogP contribution in [0, 0.1) is 0 Å². The Balaban J connectivity index is 2.54. The molecular formula is C18H19N3O10S2. The molecule has 0 fully saturated rings. The third-order valence-corrected chi connectivity index (χ3v) is 6.27. The van der Waals surface area contributed by atoms with Gasteiger partial charge in [-0.05, 0) is 30.3 Å². The van der Waals surface area contributed by atoms with Crippen LogP contribution >= 0.6 is 0 Å². The minimum Gasteiger partial charge on any atom is -0.478 e. The fourth-order valence-corrected chi connectivity index (χ4v) is 4.11. The molecule has 0 radical (unpaired) electrons. The molecule has 0 saturated carbocycles. The third-order valence-electron chi connectivity index (χ3n) is 4.13. The zero-order valence-electron chi connectivity index (χ0n) is 17.2. The summed E-state index contributed by atoms with van der Waals surface area (Å²) in [7, 11) is -5.76. The van der Waals surface area contributed by atoms with Gasteiger partial charge >= 0.3 is 22.3 Å². The van der Waals surface area contributed by atoms with Gasteiger partial charge in [-0.15, -0.1) is 10.2 Å². The topological polar surface area (TPSA) is 200 Å². The van der Waals surface area contributed by atoms with Gasteiger partial charge in [-0.1, -0.05) is 6.07 Å². The summed E-state index contributed by atoms with van der Waals surface area (Å²) < 4.78 is 58.7. The molecule has 0 heterocycles. The molecule has 2 aromatic rings. The maximum Gasteiger partial charge on any atom is 0.397 e. The predicted molar refractivity (Wildman–Crippen MR) is 115 cm³/mol. The Morgan fingerprint density at radius 1 is 0.970 bits per heavy atom. The zero-order chi connectivity index (χ0) is 25.0. The molecule has 0 unspecified atom stereocenters. The van der Waals surface area contributed by atoms with Crippen molar-refractivity contribution in [3.63, 3.8) is 0 Å². The molecular weight excluding hydrogens is 482 g/mol. The molecule has 33 heavy (non-hydrogen) atoms. The summed E-state index contributed by atoms with van der Waals surface area (Å²) >= 11 is 0. The maximum atomic E-state index is 12.5. The average molecular weight is 501 g/mol. The molecule has 15 heteroatoms. The minimum atomic E-state index is -4.84. The number of hydrogen-bond acceptors (Lipinski definition) is 10. The Kier molecular flexibility index (Phi) is 7.86. The van der Waals surface area contributed by atoms with Gasteiger partial charge < -0.3 is 15.1 Å². The fraction of sp³-hybridized carbons (Fsp3) is 0.222. The van der Waals surface area contributed by atoms with Gasteiger partial charge in [0.05, 0.1) is 34.1 Å². The third kappa shape index (κ3) is 6.79. The molecule has 0 aliphatic carbocycles. The summed E-state index contributed by atoms with van der Waals surface area (Å²) in [5.41, 5.74) is -0.731. The molecule has 2 aromatic carbocycles. The van der Waals surface area contributed by atoms with Gasteiger partial charge in [0.1, 0.15) is 11.4 Å². The van der Waals surface area contributed by atoms with Crippen molar-refractivity contribution in [1.29, 1.82) is 0 Å². The quantitative estimate of drug-likeness (QED) is 0.318. The lowest BCUT2D eigenvalue weighted by Crippen LogP contribution is -2.15. The molecule has 0 amide bonds. The molecule has 13 nitrogen and oxygen atoms in total. The Hall–Kier alpha value is -3.40. The van der Waals surface area contributed by atoms with E-state index in [1.54, 1.807) is 25.1 Å². The van der Waals surface area contributed by atoms with Crippen molar-refractivity contribution in [3.05, 3.63) is 47.5 Å². The fourth-order valence-electron chi connectivity index (χ4n) is 2.61. The van der Waals surface area contributed by atoms with Crippen LogP contribution in [0.5, 0.6) is 0 Å². The number of carboxylic acids is 2. The van der Waals surface area contributed by atoms with Crippen molar-refractivity contribution in [1.82, 2.24) is 0 Å². The highest BCUT2D eigenvalue weighted by Crippen LogP contribution is 2.34. The second kappa shape index (κ2) is 10.0. The zero-order valence-corrected chi connectivity index (χ0v) is 18.9. The first-order chi connectivity index (χ1) is 15.2. The van der Waals surface area contributed by atoms with Crippen LogP contribution in [0.4, 0.5) is 17.1 Å². The van der Waals surface area contributed by atoms with E-state index in [0.717, 1.165) is 18.2 Å². The molecule has 0 bridgehead atoms. The van der Waals surface area contributed by atoms with Crippen molar-refractivity contribution in [2.24, 2.45) is 10.2 Å². The van der Waals surface area contributed by atoms with Gasteiger partial charge in [-0.3, -0.25) is 4.55 Å². The first kappa shape index (κ1) is 25.9. The van der Waals surface area contributed by atoms with Crippen molar-refractivity contribution in [3.8, 4) is 0 Å². The molecule has 0 aromatic heterocycles. The highest BCUT2D eigenvalue weighted by atomic mass is 32.3. The summed E-state index contributed by atoms with van der Waals surface area (Å²) in [5.74, 6) is -3.59. The first-order valence-electron chi connectivity index (χ1n) is 8.90. The molecule has 0 spiro atoms. The van der Waals surface area contributed by atoms with Crippen LogP contribution < -0.4 is 4.90 Å². The monoisotopic (exact) mass is 501 g/mol. The summed E-state index contributed by atoms with van der Waals surface area (Å²) in [5, 5.41) is 26.5. The van der Waals surface area contributed by atoms with E-state index in [0.29, 0.717) is 5.69 Å². The van der Waals surface area contributed by atoms with Gasteiger partial charge in [0, 0.05) is 14.1 Å². The first-order valence-corrected chi connectivity index (χ1v) is 11.9. The van der Waals surface area contributed by atoms with Gasteiger partial charge in [0.15, 0.2) is 9.84 Å². The molecule has 0 aliphatic heterocycles. The molecule has 3 N–H and O–H groups in total. The Bertz CT molecular complexity index is 1320. The van der Waals surface area contributed by atoms with Crippen LogP contribution in [0.1, 0.15) is 20.7 Å². The average Bonchev–Trinajstić information content (AvgIpc) is 2.70. The predicted octanol–water partition coefficient (Wildman–Crippen LogP) is 2.16. The van der Waals surface area contributed by atoms with Crippen molar-refractivity contribution in [2.75, 3.05) is 31.4 Å². The van der Waals surface area contributed by atoms with Gasteiger partial charge in [0.2, 0.25) is 0 Å². The number of benzene rings is 2. The SMILES string of the molecule is CN(C)c1cccc(C(=O)O)c1N=Nc1cc(S(=O)(=O)CCOS(=O)(=O)O)ccc1C(=O)O.